The topological polar surface area (TPSA) is 72.8 Å². The lowest BCUT2D eigenvalue weighted by atomic mass is 10.1. The molecule has 2 aromatic carbocycles. The first kappa shape index (κ1) is 21.7. The molecule has 0 atom stereocenters. The first-order chi connectivity index (χ1) is 16.9. The molecule has 0 spiro atoms. The van der Waals surface area contributed by atoms with Gasteiger partial charge in [0.25, 0.3) is 0 Å². The Morgan fingerprint density at radius 2 is 1.50 bits per heavy atom. The molecule has 3 aromatic heterocycles. The van der Waals surface area contributed by atoms with Gasteiger partial charge < -0.3 is 10.1 Å². The Hall–Kier alpha value is -4.16. The van der Waals surface area contributed by atoms with Crippen molar-refractivity contribution in [1.29, 1.82) is 0 Å². The first-order valence-corrected chi connectivity index (χ1v) is 11.4. The molecular weight excluding hydrogens is 422 g/mol. The number of hydrogen-bond acceptors (Lipinski definition) is 6. The maximum Gasteiger partial charge on any atom is 0.241 e. The van der Waals surface area contributed by atoms with E-state index in [4.69, 9.17) is 9.72 Å². The molecule has 0 bridgehead atoms. The third-order valence-electron chi connectivity index (χ3n) is 5.52. The summed E-state index contributed by atoms with van der Waals surface area (Å²) in [6.45, 7) is 1.93. The zero-order valence-corrected chi connectivity index (χ0v) is 18.8. The number of pyridine rings is 2. The normalized spacial score (nSPS) is 10.9. The average Bonchev–Trinajstić information content (AvgIpc) is 2.91. The van der Waals surface area contributed by atoms with Crippen molar-refractivity contribution in [1.82, 2.24) is 25.5 Å². The minimum atomic E-state index is 0.319. The highest BCUT2D eigenvalue weighted by Crippen LogP contribution is 2.29. The fraction of sp³-hybridized carbons (Fsp3) is 0.143. The lowest BCUT2D eigenvalue weighted by Crippen LogP contribution is -2.17. The van der Waals surface area contributed by atoms with Crippen molar-refractivity contribution in [3.05, 3.63) is 114 Å². The molecule has 0 aliphatic heterocycles. The molecule has 6 heteroatoms. The Bertz CT molecular complexity index is 1360. The van der Waals surface area contributed by atoms with Crippen LogP contribution in [-0.4, -0.2) is 26.7 Å². The van der Waals surface area contributed by atoms with Gasteiger partial charge in [-0.3, -0.25) is 9.97 Å². The summed E-state index contributed by atoms with van der Waals surface area (Å²) in [5.41, 5.74) is 4.68. The van der Waals surface area contributed by atoms with Gasteiger partial charge in [-0.2, -0.15) is 0 Å². The SMILES string of the molecule is c1ccc(CCNCc2cccc(COc3nnc(-c4ccccn4)c4ccccc34)n2)cc1. The van der Waals surface area contributed by atoms with Crippen LogP contribution in [0.15, 0.2) is 97.2 Å². The molecule has 0 aliphatic carbocycles. The lowest BCUT2D eigenvalue weighted by molar-refractivity contribution is 0.289. The van der Waals surface area contributed by atoms with Gasteiger partial charge in [0.1, 0.15) is 12.3 Å². The van der Waals surface area contributed by atoms with E-state index in [9.17, 15) is 0 Å². The zero-order valence-electron chi connectivity index (χ0n) is 18.8. The van der Waals surface area contributed by atoms with Crippen LogP contribution in [0.4, 0.5) is 0 Å². The van der Waals surface area contributed by atoms with Gasteiger partial charge in [0, 0.05) is 23.5 Å². The van der Waals surface area contributed by atoms with E-state index in [-0.39, 0.29) is 0 Å². The molecule has 1 N–H and O–H groups in total. The summed E-state index contributed by atoms with van der Waals surface area (Å²) in [6, 6.07) is 30.2. The number of aromatic nitrogens is 4. The van der Waals surface area contributed by atoms with Crippen LogP contribution >= 0.6 is 0 Å². The van der Waals surface area contributed by atoms with Crippen LogP contribution in [0.3, 0.4) is 0 Å². The monoisotopic (exact) mass is 447 g/mol. The van der Waals surface area contributed by atoms with Gasteiger partial charge in [0.2, 0.25) is 5.88 Å². The molecule has 0 amide bonds. The quantitative estimate of drug-likeness (QED) is 0.321. The van der Waals surface area contributed by atoms with Gasteiger partial charge in [-0.25, -0.2) is 0 Å². The summed E-state index contributed by atoms with van der Waals surface area (Å²) in [5, 5.41) is 14.1. The van der Waals surface area contributed by atoms with Crippen LogP contribution in [0.25, 0.3) is 22.2 Å². The van der Waals surface area contributed by atoms with Crippen molar-refractivity contribution in [2.75, 3.05) is 6.54 Å². The second-order valence-corrected chi connectivity index (χ2v) is 7.94. The van der Waals surface area contributed by atoms with E-state index in [1.807, 2.05) is 66.7 Å². The van der Waals surface area contributed by atoms with Gasteiger partial charge in [-0.15, -0.1) is 10.2 Å². The summed E-state index contributed by atoms with van der Waals surface area (Å²) in [4.78, 5) is 9.15. The van der Waals surface area contributed by atoms with Crippen molar-refractivity contribution in [3.63, 3.8) is 0 Å². The van der Waals surface area contributed by atoms with Gasteiger partial charge in [0.05, 0.1) is 17.1 Å². The fourth-order valence-corrected chi connectivity index (χ4v) is 3.82. The van der Waals surface area contributed by atoms with Crippen LogP contribution in [0, 0.1) is 0 Å². The Labute approximate surface area is 198 Å². The van der Waals surface area contributed by atoms with Crippen molar-refractivity contribution in [3.8, 4) is 17.3 Å². The number of benzene rings is 2. The maximum atomic E-state index is 6.06. The van der Waals surface area contributed by atoms with Gasteiger partial charge >= 0.3 is 0 Å². The van der Waals surface area contributed by atoms with Gasteiger partial charge in [-0.05, 0) is 48.9 Å². The molecule has 6 nitrogen and oxygen atoms in total. The van der Waals surface area contributed by atoms with Crippen LogP contribution < -0.4 is 10.1 Å². The minimum Gasteiger partial charge on any atom is -0.470 e. The number of ether oxygens (including phenoxy) is 1. The summed E-state index contributed by atoms with van der Waals surface area (Å²) < 4.78 is 6.06. The number of rotatable bonds is 9. The molecule has 0 radical (unpaired) electrons. The molecule has 3 heterocycles. The van der Waals surface area contributed by atoms with Gasteiger partial charge in [0.15, 0.2) is 0 Å². The predicted octanol–water partition coefficient (Wildman–Crippen LogP) is 5.00. The van der Waals surface area contributed by atoms with Crippen molar-refractivity contribution < 1.29 is 4.74 Å². The van der Waals surface area contributed by atoms with Crippen LogP contribution in [0.1, 0.15) is 17.0 Å². The highest BCUT2D eigenvalue weighted by Gasteiger charge is 2.13. The van der Waals surface area contributed by atoms with E-state index in [0.717, 1.165) is 46.5 Å². The second-order valence-electron chi connectivity index (χ2n) is 7.94. The third-order valence-corrected chi connectivity index (χ3v) is 5.52. The molecule has 0 fully saturated rings. The van der Waals surface area contributed by atoms with E-state index < -0.39 is 0 Å². The molecule has 0 saturated heterocycles. The van der Waals surface area contributed by atoms with Crippen molar-refractivity contribution in [2.24, 2.45) is 0 Å². The molecule has 5 aromatic rings. The highest BCUT2D eigenvalue weighted by molar-refractivity contribution is 5.96. The molecule has 0 saturated carbocycles. The Kier molecular flexibility index (Phi) is 6.78. The van der Waals surface area contributed by atoms with Crippen molar-refractivity contribution >= 4 is 10.8 Å². The maximum absolute atomic E-state index is 6.06. The van der Waals surface area contributed by atoms with Crippen LogP contribution in [-0.2, 0) is 19.6 Å². The third kappa shape index (κ3) is 5.24. The standard InChI is InChI=1S/C28H25N5O/c1-2-9-21(10-3-1)16-18-29-19-22-11-8-12-23(31-22)20-34-28-25-14-5-4-13-24(25)27(32-33-28)26-15-6-7-17-30-26/h1-15,17,29H,16,18-20H2. The molecule has 0 aliphatic rings. The molecule has 0 unspecified atom stereocenters. The van der Waals surface area contributed by atoms with E-state index in [2.05, 4.69) is 44.8 Å². The smallest absolute Gasteiger partial charge is 0.241 e. The second kappa shape index (κ2) is 10.6. The number of nitrogens with one attached hydrogen (secondary N) is 1. The fourth-order valence-electron chi connectivity index (χ4n) is 3.82. The van der Waals surface area contributed by atoms with E-state index in [1.165, 1.54) is 5.56 Å². The van der Waals surface area contributed by atoms with E-state index >= 15 is 0 Å². The molecule has 34 heavy (non-hydrogen) atoms. The van der Waals surface area contributed by atoms with E-state index in [0.29, 0.717) is 19.0 Å². The summed E-state index contributed by atoms with van der Waals surface area (Å²) >= 11 is 0. The van der Waals surface area contributed by atoms with Crippen LogP contribution in [0.2, 0.25) is 0 Å². The van der Waals surface area contributed by atoms with E-state index in [1.54, 1.807) is 6.20 Å². The van der Waals surface area contributed by atoms with Crippen LogP contribution in [0.5, 0.6) is 5.88 Å². The molecule has 168 valence electrons. The molecular formula is C28H25N5O. The van der Waals surface area contributed by atoms with Crippen molar-refractivity contribution in [2.45, 2.75) is 19.6 Å². The lowest BCUT2D eigenvalue weighted by Gasteiger charge is -2.11. The predicted molar refractivity (Wildman–Crippen MR) is 133 cm³/mol. The summed E-state index contributed by atoms with van der Waals surface area (Å²) in [5.74, 6) is 0.489. The number of hydrogen-bond donors (Lipinski definition) is 1. The molecule has 5 rings (SSSR count). The average molecular weight is 448 g/mol. The Morgan fingerprint density at radius 3 is 2.35 bits per heavy atom. The first-order valence-electron chi connectivity index (χ1n) is 11.4. The minimum absolute atomic E-state index is 0.319. The highest BCUT2D eigenvalue weighted by atomic mass is 16.5. The summed E-state index contributed by atoms with van der Waals surface area (Å²) in [7, 11) is 0. The zero-order chi connectivity index (χ0) is 23.0. The number of fused-ring (bicyclic) bond motifs is 1. The Morgan fingerprint density at radius 1 is 0.706 bits per heavy atom. The summed E-state index contributed by atoms with van der Waals surface area (Å²) in [6.07, 6.45) is 2.75. The van der Waals surface area contributed by atoms with Gasteiger partial charge in [-0.1, -0.05) is 60.7 Å². The number of nitrogens with zero attached hydrogens (tertiary/aromatic N) is 4. The Balaban J connectivity index is 1.24. The largest absolute Gasteiger partial charge is 0.470 e.